The molecule has 0 amide bonds. The second-order valence-corrected chi connectivity index (χ2v) is 7.99. The van der Waals surface area contributed by atoms with E-state index >= 15 is 0 Å². The molecule has 0 atom stereocenters. The number of para-hydroxylation sites is 2. The molecule has 5 aromatic rings. The van der Waals surface area contributed by atoms with Crippen molar-refractivity contribution in [3.63, 3.8) is 0 Å². The Morgan fingerprint density at radius 1 is 0.452 bits per heavy atom. The molecule has 0 aliphatic heterocycles. The van der Waals surface area contributed by atoms with Gasteiger partial charge in [-0.3, -0.25) is 0 Å². The van der Waals surface area contributed by atoms with Crippen LogP contribution in [0.15, 0.2) is 91.0 Å². The van der Waals surface area contributed by atoms with Gasteiger partial charge in [0.15, 0.2) is 0 Å². The summed E-state index contributed by atoms with van der Waals surface area (Å²) in [6.07, 6.45) is 0. The van der Waals surface area contributed by atoms with Gasteiger partial charge >= 0.3 is 0 Å². The van der Waals surface area contributed by atoms with Crippen LogP contribution in [0.1, 0.15) is 16.7 Å². The van der Waals surface area contributed by atoms with Crippen LogP contribution in [0.2, 0.25) is 0 Å². The second-order valence-electron chi connectivity index (χ2n) is 7.99. The number of benzene rings is 5. The Labute approximate surface area is 182 Å². The molecule has 0 aromatic heterocycles. The zero-order valence-corrected chi connectivity index (χ0v) is 18.0. The summed E-state index contributed by atoms with van der Waals surface area (Å²) in [5.41, 5.74) is 3.39. The molecule has 2 nitrogen and oxygen atoms in total. The maximum atomic E-state index is 6.56. The number of ether oxygens (including phenoxy) is 2. The first-order valence-electron chi connectivity index (χ1n) is 10.5. The monoisotopic (exact) mass is 404 g/mol. The van der Waals surface area contributed by atoms with Crippen LogP contribution >= 0.6 is 0 Å². The molecule has 0 aliphatic carbocycles. The Hall–Kier alpha value is -3.78. The molecule has 0 aliphatic rings. The molecular formula is C29H24O2. The van der Waals surface area contributed by atoms with Crippen molar-refractivity contribution < 1.29 is 9.47 Å². The summed E-state index contributed by atoms with van der Waals surface area (Å²) in [6, 6.07) is 31.0. The van der Waals surface area contributed by atoms with Crippen LogP contribution in [0.25, 0.3) is 21.5 Å². The molecule has 0 spiro atoms. The summed E-state index contributed by atoms with van der Waals surface area (Å²) in [5, 5.41) is 4.15. The van der Waals surface area contributed by atoms with Crippen molar-refractivity contribution in [2.24, 2.45) is 0 Å². The molecule has 31 heavy (non-hydrogen) atoms. The third-order valence-corrected chi connectivity index (χ3v) is 5.69. The number of aryl methyl sites for hydroxylation is 3. The van der Waals surface area contributed by atoms with E-state index in [4.69, 9.17) is 9.47 Å². The van der Waals surface area contributed by atoms with E-state index in [-0.39, 0.29) is 0 Å². The molecule has 0 unspecified atom stereocenters. The molecule has 152 valence electrons. The molecular weight excluding hydrogens is 380 g/mol. The van der Waals surface area contributed by atoms with Crippen molar-refractivity contribution in [1.29, 1.82) is 0 Å². The summed E-state index contributed by atoms with van der Waals surface area (Å²) in [6.45, 7) is 6.24. The molecule has 5 rings (SSSR count). The first-order valence-corrected chi connectivity index (χ1v) is 10.5. The summed E-state index contributed by atoms with van der Waals surface area (Å²) in [5.74, 6) is 3.45. The van der Waals surface area contributed by atoms with Gasteiger partial charge in [-0.1, -0.05) is 78.4 Å². The lowest BCUT2D eigenvalue weighted by Crippen LogP contribution is -1.95. The molecule has 0 radical (unpaired) electrons. The zero-order valence-electron chi connectivity index (χ0n) is 18.0. The van der Waals surface area contributed by atoms with Gasteiger partial charge in [-0.05, 0) is 50.1 Å². The topological polar surface area (TPSA) is 18.5 Å². The van der Waals surface area contributed by atoms with Crippen molar-refractivity contribution in [2.45, 2.75) is 20.8 Å². The molecule has 5 aromatic carbocycles. The van der Waals surface area contributed by atoms with E-state index in [1.54, 1.807) is 0 Å². The lowest BCUT2D eigenvalue weighted by Gasteiger charge is -2.19. The van der Waals surface area contributed by atoms with Crippen LogP contribution in [0.5, 0.6) is 23.0 Å². The maximum Gasteiger partial charge on any atom is 0.143 e. The smallest absolute Gasteiger partial charge is 0.143 e. The van der Waals surface area contributed by atoms with Crippen molar-refractivity contribution in [3.05, 3.63) is 108 Å². The number of fused-ring (bicyclic) bond motifs is 2. The van der Waals surface area contributed by atoms with Crippen LogP contribution in [0.4, 0.5) is 0 Å². The van der Waals surface area contributed by atoms with E-state index in [1.165, 1.54) is 5.56 Å². The third kappa shape index (κ3) is 3.51. The highest BCUT2D eigenvalue weighted by atomic mass is 16.5. The van der Waals surface area contributed by atoms with Crippen LogP contribution in [-0.2, 0) is 0 Å². The Balaban J connectivity index is 1.81. The van der Waals surface area contributed by atoms with Gasteiger partial charge in [0.25, 0.3) is 0 Å². The van der Waals surface area contributed by atoms with Gasteiger partial charge in [0.2, 0.25) is 0 Å². The SMILES string of the molecule is Cc1ccc2c(Oc3ccccc3C)c3ccccc3c(Oc3ccccc3C)c2c1. The molecule has 0 heterocycles. The summed E-state index contributed by atoms with van der Waals surface area (Å²) in [7, 11) is 0. The molecule has 0 saturated heterocycles. The van der Waals surface area contributed by atoms with Gasteiger partial charge < -0.3 is 9.47 Å². The predicted octanol–water partition coefficient (Wildman–Crippen LogP) is 8.50. The van der Waals surface area contributed by atoms with E-state index in [2.05, 4.69) is 63.2 Å². The lowest BCUT2D eigenvalue weighted by molar-refractivity contribution is 0.482. The Morgan fingerprint density at radius 3 is 1.45 bits per heavy atom. The molecule has 0 saturated carbocycles. The third-order valence-electron chi connectivity index (χ3n) is 5.69. The average molecular weight is 405 g/mol. The quantitative estimate of drug-likeness (QED) is 0.280. The van der Waals surface area contributed by atoms with Crippen LogP contribution in [0.3, 0.4) is 0 Å². The Morgan fingerprint density at radius 2 is 0.903 bits per heavy atom. The molecule has 0 bridgehead atoms. The van der Waals surface area contributed by atoms with Crippen LogP contribution < -0.4 is 9.47 Å². The fraction of sp³-hybridized carbons (Fsp3) is 0.103. The lowest BCUT2D eigenvalue weighted by atomic mass is 9.99. The number of hydrogen-bond acceptors (Lipinski definition) is 2. The first-order chi connectivity index (χ1) is 15.1. The normalized spacial score (nSPS) is 11.1. The summed E-state index contributed by atoms with van der Waals surface area (Å²) >= 11 is 0. The standard InChI is InChI=1S/C29H24O2/c1-19-16-17-24-25(18-19)29(31-27-15-9-5-11-21(27)3)23-13-7-6-12-22(23)28(24)30-26-14-8-4-10-20(26)2/h4-18H,1-3H3. The highest BCUT2D eigenvalue weighted by Gasteiger charge is 2.18. The average Bonchev–Trinajstić information content (AvgIpc) is 2.78. The number of rotatable bonds is 4. The molecule has 0 N–H and O–H groups in total. The Kier molecular flexibility index (Phi) is 4.83. The number of hydrogen-bond donors (Lipinski definition) is 0. The Bertz CT molecular complexity index is 1420. The highest BCUT2D eigenvalue weighted by molar-refractivity contribution is 6.11. The van der Waals surface area contributed by atoms with Gasteiger partial charge in [-0.25, -0.2) is 0 Å². The first kappa shape index (κ1) is 19.2. The minimum Gasteiger partial charge on any atom is -0.456 e. The van der Waals surface area contributed by atoms with Crippen molar-refractivity contribution >= 4 is 21.5 Å². The van der Waals surface area contributed by atoms with Gasteiger partial charge in [-0.15, -0.1) is 0 Å². The highest BCUT2D eigenvalue weighted by Crippen LogP contribution is 2.46. The zero-order chi connectivity index (χ0) is 21.4. The predicted molar refractivity (Wildman–Crippen MR) is 129 cm³/mol. The minimum atomic E-state index is 0.858. The van der Waals surface area contributed by atoms with E-state index in [0.717, 1.165) is 55.7 Å². The fourth-order valence-corrected chi connectivity index (χ4v) is 3.99. The second kappa shape index (κ2) is 7.81. The van der Waals surface area contributed by atoms with E-state index in [0.29, 0.717) is 0 Å². The maximum absolute atomic E-state index is 6.56. The fourth-order valence-electron chi connectivity index (χ4n) is 3.99. The summed E-state index contributed by atoms with van der Waals surface area (Å²) in [4.78, 5) is 0. The minimum absolute atomic E-state index is 0.858. The van der Waals surface area contributed by atoms with Gasteiger partial charge in [0.1, 0.15) is 23.0 Å². The van der Waals surface area contributed by atoms with Crippen molar-refractivity contribution in [1.82, 2.24) is 0 Å². The van der Waals surface area contributed by atoms with E-state index < -0.39 is 0 Å². The largest absolute Gasteiger partial charge is 0.456 e. The molecule has 0 fully saturated rings. The van der Waals surface area contributed by atoms with Crippen LogP contribution in [-0.4, -0.2) is 0 Å². The van der Waals surface area contributed by atoms with Gasteiger partial charge in [0.05, 0.1) is 0 Å². The van der Waals surface area contributed by atoms with E-state index in [9.17, 15) is 0 Å². The van der Waals surface area contributed by atoms with Crippen LogP contribution in [0, 0.1) is 20.8 Å². The molecule has 2 heteroatoms. The van der Waals surface area contributed by atoms with Crippen molar-refractivity contribution in [2.75, 3.05) is 0 Å². The van der Waals surface area contributed by atoms with Gasteiger partial charge in [0, 0.05) is 21.5 Å². The van der Waals surface area contributed by atoms with Gasteiger partial charge in [-0.2, -0.15) is 0 Å². The summed E-state index contributed by atoms with van der Waals surface area (Å²) < 4.78 is 13.1. The van der Waals surface area contributed by atoms with E-state index in [1.807, 2.05) is 48.5 Å². The van der Waals surface area contributed by atoms with Crippen molar-refractivity contribution in [3.8, 4) is 23.0 Å².